The lowest BCUT2D eigenvalue weighted by Crippen LogP contribution is -2.35. The van der Waals surface area contributed by atoms with Crippen LogP contribution < -0.4 is 0 Å². The van der Waals surface area contributed by atoms with Crippen molar-refractivity contribution in [3.05, 3.63) is 35.9 Å². The molecular weight excluding hydrogens is 240 g/mol. The van der Waals surface area contributed by atoms with E-state index >= 15 is 0 Å². The lowest BCUT2D eigenvalue weighted by atomic mass is 10.1. The van der Waals surface area contributed by atoms with Gasteiger partial charge in [0, 0.05) is 0 Å². The van der Waals surface area contributed by atoms with E-state index in [0.29, 0.717) is 5.56 Å². The van der Waals surface area contributed by atoms with Gasteiger partial charge in [0.1, 0.15) is 0 Å². The van der Waals surface area contributed by atoms with Crippen LogP contribution in [-0.4, -0.2) is 24.2 Å². The number of hydrogen-bond donors (Lipinski definition) is 1. The molecule has 0 spiro atoms. The normalized spacial score (nSPS) is 12.4. The van der Waals surface area contributed by atoms with Gasteiger partial charge in [-0.1, -0.05) is 30.3 Å². The van der Waals surface area contributed by atoms with Crippen LogP contribution in [0.2, 0.25) is 0 Å². The molecule has 0 amide bonds. The first kappa shape index (κ1) is 13.7. The number of carbonyl (C=O) groups is 1. The number of hydrogen-bond acceptors (Lipinski definition) is 3. The van der Waals surface area contributed by atoms with Gasteiger partial charge in [0.15, 0.2) is 9.84 Å². The van der Waals surface area contributed by atoms with Crippen molar-refractivity contribution in [2.45, 2.75) is 30.8 Å². The Morgan fingerprint density at radius 1 is 1.24 bits per heavy atom. The average Bonchev–Trinajstić information content (AvgIpc) is 2.16. The molecule has 1 rings (SSSR count). The molecule has 0 bridgehead atoms. The molecule has 1 N–H and O–H groups in total. The zero-order valence-corrected chi connectivity index (χ0v) is 10.7. The summed E-state index contributed by atoms with van der Waals surface area (Å²) < 4.78 is 22.9. The maximum absolute atomic E-state index is 12.1. The van der Waals surface area contributed by atoms with Crippen LogP contribution in [0.15, 0.2) is 30.3 Å². The van der Waals surface area contributed by atoms with E-state index in [-0.39, 0.29) is 12.2 Å². The maximum atomic E-state index is 12.1. The third-order valence-corrected chi connectivity index (χ3v) is 5.16. The summed E-state index contributed by atoms with van der Waals surface area (Å²) in [6.07, 6.45) is -0.387. The van der Waals surface area contributed by atoms with Crippen LogP contribution in [0.3, 0.4) is 0 Å². The summed E-state index contributed by atoms with van der Waals surface area (Å²) in [7, 11) is -3.49. The number of carboxylic acid groups (broad SMARTS) is 1. The van der Waals surface area contributed by atoms with Crippen molar-refractivity contribution in [1.82, 2.24) is 0 Å². The number of rotatable bonds is 5. The molecule has 0 fully saturated rings. The molecule has 0 saturated carbocycles. The van der Waals surface area contributed by atoms with Crippen LogP contribution in [0.25, 0.3) is 0 Å². The molecule has 0 aliphatic rings. The Kier molecular flexibility index (Phi) is 3.93. The monoisotopic (exact) mass is 256 g/mol. The van der Waals surface area contributed by atoms with Gasteiger partial charge in [-0.05, 0) is 19.4 Å². The largest absolute Gasteiger partial charge is 0.481 e. The Morgan fingerprint density at radius 3 is 2.24 bits per heavy atom. The summed E-state index contributed by atoms with van der Waals surface area (Å²) in [5, 5.41) is 8.71. The molecule has 17 heavy (non-hydrogen) atoms. The smallest absolute Gasteiger partial charge is 0.304 e. The van der Waals surface area contributed by atoms with E-state index in [9.17, 15) is 13.2 Å². The van der Waals surface area contributed by atoms with Gasteiger partial charge in [-0.3, -0.25) is 4.79 Å². The first-order valence-electron chi connectivity index (χ1n) is 5.23. The predicted molar refractivity (Wildman–Crippen MR) is 65.4 cm³/mol. The van der Waals surface area contributed by atoms with E-state index in [4.69, 9.17) is 5.11 Å². The Balaban J connectivity index is 2.93. The highest BCUT2D eigenvalue weighted by Gasteiger charge is 2.36. The molecule has 1 aromatic rings. The van der Waals surface area contributed by atoms with Gasteiger partial charge < -0.3 is 5.11 Å². The third-order valence-electron chi connectivity index (χ3n) is 2.62. The van der Waals surface area contributed by atoms with Crippen molar-refractivity contribution in [3.8, 4) is 0 Å². The van der Waals surface area contributed by atoms with Gasteiger partial charge in [0.05, 0.1) is 16.9 Å². The molecule has 0 heterocycles. The van der Waals surface area contributed by atoms with Crippen LogP contribution in [0.4, 0.5) is 0 Å². The van der Waals surface area contributed by atoms with E-state index in [1.54, 1.807) is 30.3 Å². The van der Waals surface area contributed by atoms with E-state index in [0.717, 1.165) is 0 Å². The van der Waals surface area contributed by atoms with Crippen LogP contribution in [0.1, 0.15) is 25.8 Å². The lowest BCUT2D eigenvalue weighted by molar-refractivity contribution is -0.137. The Labute approximate surface area is 101 Å². The molecule has 0 atom stereocenters. The zero-order chi connectivity index (χ0) is 13.1. The van der Waals surface area contributed by atoms with Crippen molar-refractivity contribution < 1.29 is 18.3 Å². The molecule has 0 aliphatic heterocycles. The second-order valence-electron chi connectivity index (χ2n) is 4.57. The summed E-state index contributed by atoms with van der Waals surface area (Å²) >= 11 is 0. The fraction of sp³-hybridized carbons (Fsp3) is 0.417. The fourth-order valence-corrected chi connectivity index (χ4v) is 2.83. The molecule has 94 valence electrons. The predicted octanol–water partition coefficient (Wildman–Crippen LogP) is 1.85. The minimum Gasteiger partial charge on any atom is -0.481 e. The molecule has 0 aromatic heterocycles. The van der Waals surface area contributed by atoms with Gasteiger partial charge in [-0.15, -0.1) is 0 Å². The summed E-state index contributed by atoms with van der Waals surface area (Å²) in [6.45, 7) is 2.89. The van der Waals surface area contributed by atoms with E-state index < -0.39 is 20.6 Å². The fourth-order valence-electron chi connectivity index (χ4n) is 1.46. The molecular formula is C12H16O4S. The quantitative estimate of drug-likeness (QED) is 0.872. The molecule has 1 aromatic carbocycles. The first-order valence-corrected chi connectivity index (χ1v) is 6.88. The molecule has 0 saturated heterocycles. The topological polar surface area (TPSA) is 71.4 Å². The number of benzene rings is 1. The highest BCUT2D eigenvalue weighted by atomic mass is 32.2. The van der Waals surface area contributed by atoms with Gasteiger partial charge >= 0.3 is 5.97 Å². The summed E-state index contributed by atoms with van der Waals surface area (Å²) in [5.74, 6) is -1.24. The maximum Gasteiger partial charge on any atom is 0.304 e. The molecule has 4 nitrogen and oxygen atoms in total. The van der Waals surface area contributed by atoms with E-state index in [1.165, 1.54) is 13.8 Å². The minimum absolute atomic E-state index is 0.131. The van der Waals surface area contributed by atoms with Crippen LogP contribution in [0.5, 0.6) is 0 Å². The molecule has 0 aliphatic carbocycles. The highest BCUT2D eigenvalue weighted by Crippen LogP contribution is 2.24. The first-order chi connectivity index (χ1) is 7.74. The second-order valence-corrected chi connectivity index (χ2v) is 7.20. The van der Waals surface area contributed by atoms with Gasteiger partial charge in [-0.2, -0.15) is 0 Å². The van der Waals surface area contributed by atoms with Crippen LogP contribution >= 0.6 is 0 Å². The number of aliphatic carboxylic acids is 1. The molecule has 0 unspecified atom stereocenters. The van der Waals surface area contributed by atoms with Crippen LogP contribution in [0, 0.1) is 0 Å². The zero-order valence-electron chi connectivity index (χ0n) is 9.88. The molecule has 0 radical (unpaired) electrons. The summed E-state index contributed by atoms with van der Waals surface area (Å²) in [4.78, 5) is 10.6. The highest BCUT2D eigenvalue weighted by molar-refractivity contribution is 7.92. The minimum atomic E-state index is -3.49. The number of carboxylic acids is 1. The van der Waals surface area contributed by atoms with Crippen molar-refractivity contribution in [2.75, 3.05) is 0 Å². The van der Waals surface area contributed by atoms with E-state index in [1.807, 2.05) is 0 Å². The lowest BCUT2D eigenvalue weighted by Gasteiger charge is -2.22. The second kappa shape index (κ2) is 4.87. The molecule has 5 heteroatoms. The average molecular weight is 256 g/mol. The van der Waals surface area contributed by atoms with Crippen molar-refractivity contribution in [3.63, 3.8) is 0 Å². The number of sulfone groups is 1. The Morgan fingerprint density at radius 2 is 1.76 bits per heavy atom. The van der Waals surface area contributed by atoms with Crippen molar-refractivity contribution in [2.24, 2.45) is 0 Å². The van der Waals surface area contributed by atoms with Gasteiger partial charge in [-0.25, -0.2) is 8.42 Å². The SMILES string of the molecule is CC(C)(CC(=O)O)S(=O)(=O)Cc1ccccc1. The standard InChI is InChI=1S/C12H16O4S/c1-12(2,8-11(13)14)17(15,16)9-10-6-4-3-5-7-10/h3-7H,8-9H2,1-2H3,(H,13,14). The van der Waals surface area contributed by atoms with Crippen molar-refractivity contribution >= 4 is 15.8 Å². The van der Waals surface area contributed by atoms with Gasteiger partial charge in [0.25, 0.3) is 0 Å². The van der Waals surface area contributed by atoms with Crippen LogP contribution in [-0.2, 0) is 20.4 Å². The summed E-state index contributed by atoms with van der Waals surface area (Å²) in [6, 6.07) is 8.76. The Hall–Kier alpha value is -1.36. The third kappa shape index (κ3) is 3.56. The van der Waals surface area contributed by atoms with E-state index in [2.05, 4.69) is 0 Å². The Bertz CT molecular complexity index is 488. The summed E-state index contributed by atoms with van der Waals surface area (Å²) in [5.41, 5.74) is 0.672. The van der Waals surface area contributed by atoms with Crippen molar-refractivity contribution in [1.29, 1.82) is 0 Å². The van der Waals surface area contributed by atoms with Gasteiger partial charge in [0.2, 0.25) is 0 Å².